The third kappa shape index (κ3) is 4.10. The summed E-state index contributed by atoms with van der Waals surface area (Å²) < 4.78 is 0. The first kappa shape index (κ1) is 17.9. The Morgan fingerprint density at radius 1 is 0.750 bits per heavy atom. The van der Waals surface area contributed by atoms with Crippen LogP contribution < -0.4 is 16.4 Å². The number of carbonyl (C=O) groups is 2. The van der Waals surface area contributed by atoms with Crippen molar-refractivity contribution in [3.8, 4) is 0 Å². The van der Waals surface area contributed by atoms with E-state index in [1.165, 1.54) is 5.56 Å². The Kier molecular flexibility index (Phi) is 4.91. The Bertz CT molecular complexity index is 1000. The summed E-state index contributed by atoms with van der Waals surface area (Å²) in [4.78, 5) is 24.8. The highest BCUT2D eigenvalue weighted by Gasteiger charge is 2.34. The Balaban J connectivity index is 1.42. The minimum atomic E-state index is -0.230. The number of rotatable bonds is 5. The zero-order chi connectivity index (χ0) is 19.5. The number of benzene rings is 3. The van der Waals surface area contributed by atoms with Crippen LogP contribution in [0.3, 0.4) is 0 Å². The van der Waals surface area contributed by atoms with E-state index in [9.17, 15) is 9.59 Å². The number of hydrogen-bond donors (Lipinski definition) is 3. The lowest BCUT2D eigenvalue weighted by molar-refractivity contribution is 0.101. The van der Waals surface area contributed by atoms with Gasteiger partial charge in [-0.2, -0.15) is 0 Å². The standard InChI is InChI=1S/C23H21N3O2/c24-21-14-20(21)15-9-11-18(12-10-15)25-23(28)17-7-4-8-19(13-17)26-22(27)16-5-2-1-3-6-16/h1-13,20-21H,14,24H2,(H,25,28)(H,26,27). The van der Waals surface area contributed by atoms with Gasteiger partial charge in [-0.05, 0) is 54.4 Å². The van der Waals surface area contributed by atoms with Gasteiger partial charge >= 0.3 is 0 Å². The highest BCUT2D eigenvalue weighted by molar-refractivity contribution is 6.07. The van der Waals surface area contributed by atoms with Crippen molar-refractivity contribution in [1.29, 1.82) is 0 Å². The summed E-state index contributed by atoms with van der Waals surface area (Å²) in [5, 5.41) is 5.70. The third-order valence-electron chi connectivity index (χ3n) is 4.86. The van der Waals surface area contributed by atoms with Crippen LogP contribution in [0.1, 0.15) is 38.6 Å². The smallest absolute Gasteiger partial charge is 0.255 e. The van der Waals surface area contributed by atoms with Gasteiger partial charge in [0.1, 0.15) is 0 Å². The minimum Gasteiger partial charge on any atom is -0.327 e. The zero-order valence-electron chi connectivity index (χ0n) is 15.3. The molecule has 0 radical (unpaired) electrons. The second kappa shape index (κ2) is 7.66. The largest absolute Gasteiger partial charge is 0.327 e. The maximum atomic E-state index is 12.6. The van der Waals surface area contributed by atoms with Crippen molar-refractivity contribution >= 4 is 23.2 Å². The van der Waals surface area contributed by atoms with Crippen molar-refractivity contribution in [3.63, 3.8) is 0 Å². The molecule has 4 rings (SSSR count). The maximum absolute atomic E-state index is 12.6. The molecule has 5 heteroatoms. The monoisotopic (exact) mass is 371 g/mol. The fourth-order valence-corrected chi connectivity index (χ4v) is 3.15. The number of nitrogens with one attached hydrogen (secondary N) is 2. The van der Waals surface area contributed by atoms with Crippen LogP contribution in [0.4, 0.5) is 11.4 Å². The molecule has 1 aliphatic rings. The lowest BCUT2D eigenvalue weighted by Crippen LogP contribution is -2.14. The SMILES string of the molecule is NC1CC1c1ccc(NC(=O)c2cccc(NC(=O)c3ccccc3)c2)cc1. The summed E-state index contributed by atoms with van der Waals surface area (Å²) in [6, 6.07) is 23.9. The molecule has 3 aromatic carbocycles. The molecule has 140 valence electrons. The van der Waals surface area contributed by atoms with Crippen LogP contribution >= 0.6 is 0 Å². The number of amides is 2. The average Bonchev–Trinajstić information content (AvgIpc) is 3.46. The molecule has 0 saturated heterocycles. The van der Waals surface area contributed by atoms with Crippen molar-refractivity contribution in [3.05, 3.63) is 95.6 Å². The van der Waals surface area contributed by atoms with Gasteiger partial charge in [0.15, 0.2) is 0 Å². The first-order valence-electron chi connectivity index (χ1n) is 9.23. The van der Waals surface area contributed by atoms with Crippen LogP contribution in [0.15, 0.2) is 78.9 Å². The molecule has 3 aromatic rings. The van der Waals surface area contributed by atoms with E-state index in [2.05, 4.69) is 10.6 Å². The van der Waals surface area contributed by atoms with Crippen molar-refractivity contribution < 1.29 is 9.59 Å². The summed E-state index contributed by atoms with van der Waals surface area (Å²) in [5.74, 6) is -0.00614. The van der Waals surface area contributed by atoms with Gasteiger partial charge in [-0.15, -0.1) is 0 Å². The van der Waals surface area contributed by atoms with Gasteiger partial charge in [-0.3, -0.25) is 9.59 Å². The molecule has 0 spiro atoms. The molecule has 28 heavy (non-hydrogen) atoms. The Labute approximate surface area is 163 Å². The Morgan fingerprint density at radius 3 is 2.04 bits per heavy atom. The minimum absolute atomic E-state index is 0.216. The molecule has 0 bridgehead atoms. The van der Waals surface area contributed by atoms with E-state index in [-0.39, 0.29) is 17.9 Å². The van der Waals surface area contributed by atoms with Crippen LogP contribution in [-0.2, 0) is 0 Å². The van der Waals surface area contributed by atoms with Crippen molar-refractivity contribution in [2.24, 2.45) is 5.73 Å². The Morgan fingerprint density at radius 2 is 1.36 bits per heavy atom. The molecule has 0 aliphatic heterocycles. The van der Waals surface area contributed by atoms with Gasteiger partial charge in [0.2, 0.25) is 0 Å². The molecule has 4 N–H and O–H groups in total. The molecule has 1 fully saturated rings. The predicted molar refractivity (Wildman–Crippen MR) is 111 cm³/mol. The van der Waals surface area contributed by atoms with Gasteiger partial charge in [-0.25, -0.2) is 0 Å². The van der Waals surface area contributed by atoms with E-state index >= 15 is 0 Å². The molecular weight excluding hydrogens is 350 g/mol. The van der Waals surface area contributed by atoms with Gasteiger partial charge in [0, 0.05) is 34.5 Å². The molecule has 0 heterocycles. The molecule has 1 aliphatic carbocycles. The fourth-order valence-electron chi connectivity index (χ4n) is 3.15. The van der Waals surface area contributed by atoms with E-state index in [4.69, 9.17) is 5.73 Å². The molecule has 2 unspecified atom stereocenters. The van der Waals surface area contributed by atoms with E-state index in [1.807, 2.05) is 30.3 Å². The number of anilines is 2. The third-order valence-corrected chi connectivity index (χ3v) is 4.86. The van der Waals surface area contributed by atoms with Crippen LogP contribution in [0.25, 0.3) is 0 Å². The predicted octanol–water partition coefficient (Wildman–Crippen LogP) is 4.01. The normalized spacial score (nSPS) is 17.6. The fraction of sp³-hybridized carbons (Fsp3) is 0.130. The Hall–Kier alpha value is -3.44. The first-order chi connectivity index (χ1) is 13.6. The van der Waals surface area contributed by atoms with Crippen LogP contribution in [0.5, 0.6) is 0 Å². The lowest BCUT2D eigenvalue weighted by atomic mass is 10.1. The summed E-state index contributed by atoms with van der Waals surface area (Å²) in [7, 11) is 0. The van der Waals surface area contributed by atoms with Gasteiger partial charge in [0.25, 0.3) is 11.8 Å². The lowest BCUT2D eigenvalue weighted by Gasteiger charge is -2.09. The first-order valence-corrected chi connectivity index (χ1v) is 9.23. The quantitative estimate of drug-likeness (QED) is 0.634. The van der Waals surface area contributed by atoms with E-state index in [0.717, 1.165) is 12.1 Å². The topological polar surface area (TPSA) is 84.2 Å². The van der Waals surface area contributed by atoms with Crippen LogP contribution in [0.2, 0.25) is 0 Å². The van der Waals surface area contributed by atoms with Crippen molar-refractivity contribution in [2.45, 2.75) is 18.4 Å². The number of nitrogens with two attached hydrogens (primary N) is 1. The van der Waals surface area contributed by atoms with Gasteiger partial charge in [-0.1, -0.05) is 36.4 Å². The van der Waals surface area contributed by atoms with Gasteiger partial charge in [0.05, 0.1) is 0 Å². The second-order valence-electron chi connectivity index (χ2n) is 6.98. The summed E-state index contributed by atoms with van der Waals surface area (Å²) >= 11 is 0. The average molecular weight is 371 g/mol. The number of hydrogen-bond acceptors (Lipinski definition) is 3. The van der Waals surface area contributed by atoms with E-state index < -0.39 is 0 Å². The second-order valence-corrected chi connectivity index (χ2v) is 6.98. The van der Waals surface area contributed by atoms with Crippen LogP contribution in [0, 0.1) is 0 Å². The number of carbonyl (C=O) groups excluding carboxylic acids is 2. The highest BCUT2D eigenvalue weighted by atomic mass is 16.2. The molecular formula is C23H21N3O2. The van der Waals surface area contributed by atoms with Crippen molar-refractivity contribution in [1.82, 2.24) is 0 Å². The van der Waals surface area contributed by atoms with Gasteiger partial charge < -0.3 is 16.4 Å². The molecule has 2 atom stereocenters. The summed E-state index contributed by atoms with van der Waals surface area (Å²) in [5.41, 5.74) is 9.41. The van der Waals surface area contributed by atoms with E-state index in [0.29, 0.717) is 22.7 Å². The molecule has 5 nitrogen and oxygen atoms in total. The summed E-state index contributed by atoms with van der Waals surface area (Å²) in [6.45, 7) is 0. The summed E-state index contributed by atoms with van der Waals surface area (Å²) in [6.07, 6.45) is 1.02. The molecule has 0 aromatic heterocycles. The van der Waals surface area contributed by atoms with Crippen LogP contribution in [-0.4, -0.2) is 17.9 Å². The van der Waals surface area contributed by atoms with E-state index in [1.54, 1.807) is 48.5 Å². The van der Waals surface area contributed by atoms with Crippen molar-refractivity contribution in [2.75, 3.05) is 10.6 Å². The highest BCUT2D eigenvalue weighted by Crippen LogP contribution is 2.39. The molecule has 1 saturated carbocycles. The maximum Gasteiger partial charge on any atom is 0.255 e. The zero-order valence-corrected chi connectivity index (χ0v) is 15.3. The molecule has 2 amide bonds.